The normalized spacial score (nSPS) is 11.7. The lowest BCUT2D eigenvalue weighted by Gasteiger charge is -2.19. The van der Waals surface area contributed by atoms with Crippen molar-refractivity contribution < 1.29 is 4.42 Å². The summed E-state index contributed by atoms with van der Waals surface area (Å²) in [4.78, 5) is 0. The zero-order valence-electron chi connectivity index (χ0n) is 23.4. The third kappa shape index (κ3) is 3.65. The van der Waals surface area contributed by atoms with Crippen LogP contribution in [-0.2, 0) is 0 Å². The maximum atomic E-state index is 6.64. The van der Waals surface area contributed by atoms with Crippen LogP contribution in [0.1, 0.15) is 0 Å². The molecule has 0 bridgehead atoms. The Balaban J connectivity index is 1.44. The summed E-state index contributed by atoms with van der Waals surface area (Å²) in [6.07, 6.45) is 0. The Bertz CT molecular complexity index is 2480. The van der Waals surface area contributed by atoms with Crippen molar-refractivity contribution in [1.82, 2.24) is 0 Å². The summed E-state index contributed by atoms with van der Waals surface area (Å²) in [5, 5.41) is 9.75. The van der Waals surface area contributed by atoms with Crippen LogP contribution in [0.3, 0.4) is 0 Å². The second-order valence-corrected chi connectivity index (χ2v) is 11.2. The number of furan rings is 1. The van der Waals surface area contributed by atoms with Crippen LogP contribution in [0.5, 0.6) is 0 Å². The van der Waals surface area contributed by atoms with Crippen LogP contribution in [0.4, 0.5) is 0 Å². The summed E-state index contributed by atoms with van der Waals surface area (Å²) in [5.41, 5.74) is 9.07. The van der Waals surface area contributed by atoms with Crippen LogP contribution in [0.15, 0.2) is 162 Å². The molecule has 0 aliphatic rings. The molecular formula is C42H26O. The zero-order chi connectivity index (χ0) is 28.3. The number of rotatable bonds is 3. The van der Waals surface area contributed by atoms with Gasteiger partial charge in [-0.25, -0.2) is 0 Å². The van der Waals surface area contributed by atoms with Crippen LogP contribution < -0.4 is 0 Å². The van der Waals surface area contributed by atoms with Gasteiger partial charge in [-0.15, -0.1) is 0 Å². The van der Waals surface area contributed by atoms with E-state index in [1.807, 2.05) is 6.07 Å². The molecular weight excluding hydrogens is 520 g/mol. The first kappa shape index (κ1) is 24.0. The number of fused-ring (bicyclic) bond motifs is 7. The van der Waals surface area contributed by atoms with Gasteiger partial charge in [0, 0.05) is 16.3 Å². The smallest absolute Gasteiger partial charge is 0.143 e. The van der Waals surface area contributed by atoms with Crippen molar-refractivity contribution in [2.24, 2.45) is 0 Å². The Labute approximate surface area is 249 Å². The number of hydrogen-bond acceptors (Lipinski definition) is 1. The Morgan fingerprint density at radius 2 is 0.884 bits per heavy atom. The van der Waals surface area contributed by atoms with Crippen molar-refractivity contribution in [3.8, 4) is 33.4 Å². The molecule has 0 spiro atoms. The predicted molar refractivity (Wildman–Crippen MR) is 183 cm³/mol. The van der Waals surface area contributed by atoms with Gasteiger partial charge in [0.1, 0.15) is 11.2 Å². The highest BCUT2D eigenvalue weighted by Crippen LogP contribution is 2.46. The van der Waals surface area contributed by atoms with Crippen molar-refractivity contribution in [2.45, 2.75) is 0 Å². The maximum absolute atomic E-state index is 6.64. The van der Waals surface area contributed by atoms with Gasteiger partial charge in [-0.3, -0.25) is 0 Å². The SMILES string of the molecule is c1ccc(-c2c3ccccc3c(-c3ccccc3)c3cc(-c4cc5ccccc5c5c4oc4ccccc45)ccc23)cc1. The van der Waals surface area contributed by atoms with Crippen molar-refractivity contribution >= 4 is 54.3 Å². The molecule has 9 aromatic rings. The Hall–Kier alpha value is -5.66. The van der Waals surface area contributed by atoms with Crippen molar-refractivity contribution in [1.29, 1.82) is 0 Å². The average Bonchev–Trinajstić information content (AvgIpc) is 3.47. The molecule has 43 heavy (non-hydrogen) atoms. The number of hydrogen-bond donors (Lipinski definition) is 0. The topological polar surface area (TPSA) is 13.1 Å². The molecule has 0 saturated carbocycles. The molecule has 0 unspecified atom stereocenters. The summed E-state index contributed by atoms with van der Waals surface area (Å²) in [6, 6.07) is 56.7. The Morgan fingerprint density at radius 1 is 0.349 bits per heavy atom. The maximum Gasteiger partial charge on any atom is 0.143 e. The van der Waals surface area contributed by atoms with Crippen molar-refractivity contribution in [3.05, 3.63) is 158 Å². The van der Waals surface area contributed by atoms with Crippen LogP contribution in [-0.4, -0.2) is 0 Å². The van der Waals surface area contributed by atoms with E-state index in [-0.39, 0.29) is 0 Å². The van der Waals surface area contributed by atoms with Gasteiger partial charge in [0.2, 0.25) is 0 Å². The molecule has 0 atom stereocenters. The minimum Gasteiger partial charge on any atom is -0.455 e. The second kappa shape index (κ2) is 9.44. The highest BCUT2D eigenvalue weighted by Gasteiger charge is 2.20. The average molecular weight is 547 g/mol. The molecule has 0 saturated heterocycles. The van der Waals surface area contributed by atoms with Crippen molar-refractivity contribution in [3.63, 3.8) is 0 Å². The van der Waals surface area contributed by atoms with E-state index in [1.54, 1.807) is 0 Å². The van der Waals surface area contributed by atoms with E-state index >= 15 is 0 Å². The first-order chi connectivity index (χ1) is 21.3. The van der Waals surface area contributed by atoms with Gasteiger partial charge in [-0.1, -0.05) is 140 Å². The van der Waals surface area contributed by atoms with Gasteiger partial charge in [0.05, 0.1) is 0 Å². The van der Waals surface area contributed by atoms with Gasteiger partial charge >= 0.3 is 0 Å². The van der Waals surface area contributed by atoms with Crippen LogP contribution >= 0.6 is 0 Å². The molecule has 0 amide bonds. The van der Waals surface area contributed by atoms with Crippen LogP contribution in [0, 0.1) is 0 Å². The second-order valence-electron chi connectivity index (χ2n) is 11.2. The zero-order valence-corrected chi connectivity index (χ0v) is 23.4. The fourth-order valence-corrected chi connectivity index (χ4v) is 6.97. The molecule has 1 nitrogen and oxygen atoms in total. The van der Waals surface area contributed by atoms with Gasteiger partial charge in [0.25, 0.3) is 0 Å². The predicted octanol–water partition coefficient (Wildman–Crippen LogP) is 12.0. The summed E-state index contributed by atoms with van der Waals surface area (Å²) >= 11 is 0. The van der Waals surface area contributed by atoms with Gasteiger partial charge < -0.3 is 4.42 Å². The molecule has 1 aromatic heterocycles. The molecule has 0 aliphatic carbocycles. The van der Waals surface area contributed by atoms with Crippen LogP contribution in [0.25, 0.3) is 87.6 Å². The van der Waals surface area contributed by atoms with E-state index in [0.717, 1.165) is 27.7 Å². The van der Waals surface area contributed by atoms with Gasteiger partial charge in [-0.05, 0) is 78.3 Å². The minimum absolute atomic E-state index is 0.915. The fourth-order valence-electron chi connectivity index (χ4n) is 6.97. The summed E-state index contributed by atoms with van der Waals surface area (Å²) in [6.45, 7) is 0. The van der Waals surface area contributed by atoms with E-state index in [0.29, 0.717) is 0 Å². The quantitative estimate of drug-likeness (QED) is 0.201. The first-order valence-corrected chi connectivity index (χ1v) is 14.8. The standard InChI is InChI=1S/C42H26O/c1-3-13-27(14-4-1)39-32-19-9-10-20-33(32)40(28-15-5-2-6-16-28)37-26-30(23-24-34(37)39)36-25-29-17-7-8-18-31(29)41-35-21-11-12-22-38(35)43-42(36)41/h1-26H. The van der Waals surface area contributed by atoms with E-state index < -0.39 is 0 Å². The molecule has 0 N–H and O–H groups in total. The third-order valence-corrected chi connectivity index (χ3v) is 8.83. The highest BCUT2D eigenvalue weighted by atomic mass is 16.3. The van der Waals surface area contributed by atoms with E-state index in [1.165, 1.54) is 60.0 Å². The summed E-state index contributed by atoms with van der Waals surface area (Å²) < 4.78 is 6.64. The molecule has 8 aromatic carbocycles. The Morgan fingerprint density at radius 3 is 1.58 bits per heavy atom. The number of para-hydroxylation sites is 1. The third-order valence-electron chi connectivity index (χ3n) is 8.83. The molecule has 1 heteroatoms. The Kier molecular flexibility index (Phi) is 5.27. The molecule has 0 fully saturated rings. The van der Waals surface area contributed by atoms with E-state index in [9.17, 15) is 0 Å². The van der Waals surface area contributed by atoms with E-state index in [4.69, 9.17) is 4.42 Å². The largest absolute Gasteiger partial charge is 0.455 e. The molecule has 0 aliphatic heterocycles. The lowest BCUT2D eigenvalue weighted by Crippen LogP contribution is -1.92. The van der Waals surface area contributed by atoms with Gasteiger partial charge in [-0.2, -0.15) is 0 Å². The minimum atomic E-state index is 0.915. The summed E-state index contributed by atoms with van der Waals surface area (Å²) in [7, 11) is 0. The van der Waals surface area contributed by atoms with E-state index in [2.05, 4.69) is 152 Å². The monoisotopic (exact) mass is 546 g/mol. The van der Waals surface area contributed by atoms with Gasteiger partial charge in [0.15, 0.2) is 0 Å². The molecule has 200 valence electrons. The molecule has 9 rings (SSSR count). The first-order valence-electron chi connectivity index (χ1n) is 14.8. The highest BCUT2D eigenvalue weighted by molar-refractivity contribution is 6.24. The lowest BCUT2D eigenvalue weighted by molar-refractivity contribution is 0.670. The van der Waals surface area contributed by atoms with Crippen LogP contribution in [0.2, 0.25) is 0 Å². The van der Waals surface area contributed by atoms with Crippen molar-refractivity contribution in [2.75, 3.05) is 0 Å². The number of benzene rings is 8. The lowest BCUT2D eigenvalue weighted by atomic mass is 9.84. The summed E-state index contributed by atoms with van der Waals surface area (Å²) in [5.74, 6) is 0. The molecule has 1 heterocycles. The molecule has 0 radical (unpaired) electrons. The fraction of sp³-hybridized carbons (Fsp3) is 0.